The summed E-state index contributed by atoms with van der Waals surface area (Å²) in [6, 6.07) is 11.8. The Morgan fingerprint density at radius 3 is 2.08 bits per heavy atom. The summed E-state index contributed by atoms with van der Waals surface area (Å²) in [5.41, 5.74) is 1.93. The SMILES string of the molecule is [CH]c1ccc(-n2cccc2)cc1. The van der Waals surface area contributed by atoms with Gasteiger partial charge in [0.15, 0.2) is 0 Å². The maximum atomic E-state index is 5.57. The molecule has 0 bridgehead atoms. The third-order valence-electron chi connectivity index (χ3n) is 1.80. The number of aromatic nitrogens is 1. The molecule has 0 aliphatic heterocycles. The van der Waals surface area contributed by atoms with Crippen LogP contribution < -0.4 is 0 Å². The molecule has 0 saturated heterocycles. The summed E-state index contributed by atoms with van der Waals surface area (Å²) in [5.74, 6) is 0. The van der Waals surface area contributed by atoms with Crippen molar-refractivity contribution in [3.8, 4) is 5.69 Å². The molecule has 1 nitrogen and oxygen atoms in total. The van der Waals surface area contributed by atoms with E-state index in [0.717, 1.165) is 11.3 Å². The van der Waals surface area contributed by atoms with E-state index in [1.165, 1.54) is 0 Å². The highest BCUT2D eigenvalue weighted by Crippen LogP contribution is 2.08. The molecule has 0 fully saturated rings. The first-order chi connectivity index (χ1) is 5.86. The van der Waals surface area contributed by atoms with Crippen LogP contribution in [0.15, 0.2) is 48.8 Å². The zero-order valence-electron chi connectivity index (χ0n) is 6.64. The molecule has 1 heteroatoms. The largest absolute Gasteiger partial charge is 0.324 e. The maximum absolute atomic E-state index is 5.57. The van der Waals surface area contributed by atoms with E-state index in [-0.39, 0.29) is 0 Å². The summed E-state index contributed by atoms with van der Waals surface area (Å²) in [5, 5.41) is 0. The lowest BCUT2D eigenvalue weighted by Gasteiger charge is -2.01. The Hall–Kier alpha value is -1.50. The molecule has 0 amide bonds. The number of hydrogen-bond donors (Lipinski definition) is 0. The average molecular weight is 155 g/mol. The molecule has 0 aliphatic rings. The molecule has 0 unspecified atom stereocenters. The second-order valence-electron chi connectivity index (χ2n) is 2.68. The summed E-state index contributed by atoms with van der Waals surface area (Å²) in [4.78, 5) is 0. The van der Waals surface area contributed by atoms with Crippen molar-refractivity contribution in [1.82, 2.24) is 4.57 Å². The van der Waals surface area contributed by atoms with E-state index in [4.69, 9.17) is 6.92 Å². The van der Waals surface area contributed by atoms with Crippen molar-refractivity contribution >= 4 is 0 Å². The zero-order valence-corrected chi connectivity index (χ0v) is 6.64. The first-order valence-corrected chi connectivity index (χ1v) is 3.85. The monoisotopic (exact) mass is 155 g/mol. The molecule has 0 atom stereocenters. The van der Waals surface area contributed by atoms with Gasteiger partial charge in [0.2, 0.25) is 0 Å². The molecule has 2 radical (unpaired) electrons. The average Bonchev–Trinajstić information content (AvgIpc) is 2.58. The Balaban J connectivity index is 2.43. The molecule has 2 rings (SSSR count). The summed E-state index contributed by atoms with van der Waals surface area (Å²) in [7, 11) is 0. The van der Waals surface area contributed by atoms with E-state index in [2.05, 4.69) is 0 Å². The van der Waals surface area contributed by atoms with Gasteiger partial charge in [0.05, 0.1) is 0 Å². The minimum atomic E-state index is 0.797. The molecule has 58 valence electrons. The summed E-state index contributed by atoms with van der Waals surface area (Å²) in [6.07, 6.45) is 4.01. The molecule has 0 aliphatic carbocycles. The van der Waals surface area contributed by atoms with Gasteiger partial charge in [-0.1, -0.05) is 12.1 Å². The van der Waals surface area contributed by atoms with Crippen molar-refractivity contribution in [2.75, 3.05) is 0 Å². The highest BCUT2D eigenvalue weighted by Gasteiger charge is 1.91. The molecular formula is C11H9N. The van der Waals surface area contributed by atoms with Crippen LogP contribution in [0.2, 0.25) is 0 Å². The van der Waals surface area contributed by atoms with Crippen molar-refractivity contribution in [1.29, 1.82) is 0 Å². The molecule has 0 saturated carbocycles. The van der Waals surface area contributed by atoms with Gasteiger partial charge in [0.1, 0.15) is 0 Å². The standard InChI is InChI=1S/C11H9N/c1-10-4-6-11(7-5-10)12-8-2-3-9-12/h1-9H. The van der Waals surface area contributed by atoms with Gasteiger partial charge in [-0.3, -0.25) is 0 Å². The fraction of sp³-hybridized carbons (Fsp3) is 0. The van der Waals surface area contributed by atoms with E-state index in [1.54, 1.807) is 0 Å². The van der Waals surface area contributed by atoms with Crippen LogP contribution in [0, 0.1) is 6.92 Å². The maximum Gasteiger partial charge on any atom is 0.0449 e. The summed E-state index contributed by atoms with van der Waals surface area (Å²) >= 11 is 0. The third-order valence-corrected chi connectivity index (χ3v) is 1.80. The normalized spacial score (nSPS) is 10.1. The molecule has 2 aromatic rings. The van der Waals surface area contributed by atoms with Gasteiger partial charge < -0.3 is 4.57 Å². The van der Waals surface area contributed by atoms with E-state index < -0.39 is 0 Å². The molecule has 0 N–H and O–H groups in total. The molecule has 1 aromatic heterocycles. The van der Waals surface area contributed by atoms with Gasteiger partial charge in [-0.25, -0.2) is 0 Å². The van der Waals surface area contributed by atoms with Crippen LogP contribution in [0.1, 0.15) is 5.56 Å². The fourth-order valence-electron chi connectivity index (χ4n) is 1.15. The van der Waals surface area contributed by atoms with E-state index in [9.17, 15) is 0 Å². The highest BCUT2D eigenvalue weighted by atomic mass is 14.9. The van der Waals surface area contributed by atoms with Gasteiger partial charge >= 0.3 is 0 Å². The van der Waals surface area contributed by atoms with Crippen LogP contribution >= 0.6 is 0 Å². The van der Waals surface area contributed by atoms with Crippen molar-refractivity contribution in [3.63, 3.8) is 0 Å². The van der Waals surface area contributed by atoms with Gasteiger partial charge in [-0.2, -0.15) is 0 Å². The van der Waals surface area contributed by atoms with Crippen LogP contribution in [0.25, 0.3) is 5.69 Å². The van der Waals surface area contributed by atoms with Crippen molar-refractivity contribution < 1.29 is 0 Å². The molecular weight excluding hydrogens is 146 g/mol. The van der Waals surface area contributed by atoms with Crippen LogP contribution in [-0.4, -0.2) is 4.57 Å². The number of hydrogen-bond acceptors (Lipinski definition) is 0. The molecule has 1 heterocycles. The van der Waals surface area contributed by atoms with Crippen LogP contribution in [-0.2, 0) is 0 Å². The molecule has 1 aromatic carbocycles. The zero-order chi connectivity index (χ0) is 8.39. The lowest BCUT2D eigenvalue weighted by atomic mass is 10.2. The summed E-state index contributed by atoms with van der Waals surface area (Å²) < 4.78 is 2.04. The lowest BCUT2D eigenvalue weighted by Crippen LogP contribution is -1.88. The lowest BCUT2D eigenvalue weighted by molar-refractivity contribution is 1.08. The number of nitrogens with zero attached hydrogens (tertiary/aromatic N) is 1. The highest BCUT2D eigenvalue weighted by molar-refractivity contribution is 5.35. The number of rotatable bonds is 1. The first kappa shape index (κ1) is 7.17. The summed E-state index contributed by atoms with van der Waals surface area (Å²) in [6.45, 7) is 5.57. The van der Waals surface area contributed by atoms with Crippen molar-refractivity contribution in [2.45, 2.75) is 0 Å². The quantitative estimate of drug-likeness (QED) is 0.596. The Morgan fingerprint density at radius 1 is 0.917 bits per heavy atom. The molecule has 0 spiro atoms. The predicted octanol–water partition coefficient (Wildman–Crippen LogP) is 2.54. The second kappa shape index (κ2) is 2.86. The Kier molecular flexibility index (Phi) is 1.71. The Bertz CT molecular complexity index is 343. The second-order valence-corrected chi connectivity index (χ2v) is 2.68. The van der Waals surface area contributed by atoms with Crippen molar-refractivity contribution in [3.05, 3.63) is 61.3 Å². The first-order valence-electron chi connectivity index (χ1n) is 3.85. The minimum absolute atomic E-state index is 0.797. The van der Waals surface area contributed by atoms with E-state index in [0.29, 0.717) is 0 Å². The topological polar surface area (TPSA) is 4.93 Å². The third kappa shape index (κ3) is 1.26. The van der Waals surface area contributed by atoms with Gasteiger partial charge in [0.25, 0.3) is 0 Å². The Morgan fingerprint density at radius 2 is 1.50 bits per heavy atom. The van der Waals surface area contributed by atoms with E-state index >= 15 is 0 Å². The fourth-order valence-corrected chi connectivity index (χ4v) is 1.15. The van der Waals surface area contributed by atoms with Crippen LogP contribution in [0.5, 0.6) is 0 Å². The minimum Gasteiger partial charge on any atom is -0.324 e. The van der Waals surface area contributed by atoms with Crippen molar-refractivity contribution in [2.24, 2.45) is 0 Å². The Labute approximate surface area is 72.3 Å². The van der Waals surface area contributed by atoms with E-state index in [1.807, 2.05) is 53.4 Å². The predicted molar refractivity (Wildman–Crippen MR) is 49.2 cm³/mol. The van der Waals surface area contributed by atoms with Gasteiger partial charge in [-0.15, -0.1) is 0 Å². The van der Waals surface area contributed by atoms with Crippen LogP contribution in [0.3, 0.4) is 0 Å². The van der Waals surface area contributed by atoms with Gasteiger partial charge in [-0.05, 0) is 36.8 Å². The van der Waals surface area contributed by atoms with Gasteiger partial charge in [0, 0.05) is 18.1 Å². The van der Waals surface area contributed by atoms with Crippen LogP contribution in [0.4, 0.5) is 0 Å². The molecule has 12 heavy (non-hydrogen) atoms. The number of benzene rings is 1. The smallest absolute Gasteiger partial charge is 0.0449 e.